The molecule has 4 bridgehead atoms. The SMILES string of the molecule is C=C(C)[C@@]1(OC(=O)c2ccccc2)[C@@H]2O[C@]3(c4ccccc4)O[C@H]1[C@@H](C)[C@]1(O3)C3=CC(=C(Cl)Cl)[C@H](O)[C@@]3(O)[C@H](OC(=O)c3ccccc3)[C@@]3(CO)O[C@H]3[C@@H]21. The lowest BCUT2D eigenvalue weighted by Gasteiger charge is -2.72. The maximum Gasteiger partial charge on any atom is 0.339 e. The highest BCUT2D eigenvalue weighted by molar-refractivity contribution is 6.56. The Hall–Kier alpha value is -3.88. The summed E-state index contributed by atoms with van der Waals surface area (Å²) in [6.45, 7) is 7.05. The van der Waals surface area contributed by atoms with Crippen molar-refractivity contribution in [1.29, 1.82) is 0 Å². The Morgan fingerprint density at radius 2 is 1.43 bits per heavy atom. The lowest BCUT2D eigenvalue weighted by atomic mass is 9.53. The van der Waals surface area contributed by atoms with Crippen molar-refractivity contribution in [3.8, 4) is 0 Å². The van der Waals surface area contributed by atoms with E-state index in [0.717, 1.165) is 0 Å². The molecule has 0 radical (unpaired) electrons. The Morgan fingerprint density at radius 1 is 0.852 bits per heavy atom. The van der Waals surface area contributed by atoms with E-state index in [2.05, 4.69) is 6.58 Å². The highest BCUT2D eigenvalue weighted by atomic mass is 35.5. The number of rotatable bonds is 7. The fourth-order valence-electron chi connectivity index (χ4n) is 9.79. The Bertz CT molecular complexity index is 2130. The van der Waals surface area contributed by atoms with Gasteiger partial charge in [-0.1, -0.05) is 103 Å². The van der Waals surface area contributed by atoms with Crippen LogP contribution in [0.3, 0.4) is 0 Å². The first kappa shape index (κ1) is 35.8. The van der Waals surface area contributed by atoms with E-state index >= 15 is 0 Å². The Morgan fingerprint density at radius 3 is 2.00 bits per heavy atom. The summed E-state index contributed by atoms with van der Waals surface area (Å²) in [5, 5.41) is 36.7. The van der Waals surface area contributed by atoms with Gasteiger partial charge in [-0.3, -0.25) is 0 Å². The highest BCUT2D eigenvalue weighted by Gasteiger charge is 2.90. The number of hydrogen-bond donors (Lipinski definition) is 3. The second kappa shape index (κ2) is 12.1. The molecule has 13 heteroatoms. The van der Waals surface area contributed by atoms with Gasteiger partial charge in [-0.25, -0.2) is 9.59 Å². The number of ether oxygens (including phenoxy) is 6. The summed E-state index contributed by atoms with van der Waals surface area (Å²) in [5.74, 6) is -5.36. The van der Waals surface area contributed by atoms with E-state index < -0.39 is 89.3 Å². The summed E-state index contributed by atoms with van der Waals surface area (Å²) in [7, 11) is 0. The van der Waals surface area contributed by atoms with Crippen LogP contribution in [0.15, 0.2) is 125 Å². The van der Waals surface area contributed by atoms with Gasteiger partial charge in [0.05, 0.1) is 23.7 Å². The molecule has 0 unspecified atom stereocenters. The molecule has 1 spiro atoms. The van der Waals surface area contributed by atoms with Gasteiger partial charge >= 0.3 is 17.9 Å². The van der Waals surface area contributed by atoms with Crippen molar-refractivity contribution in [3.05, 3.63) is 142 Å². The van der Waals surface area contributed by atoms with Crippen molar-refractivity contribution in [1.82, 2.24) is 0 Å². The van der Waals surface area contributed by atoms with Crippen molar-refractivity contribution < 1.29 is 53.3 Å². The van der Waals surface area contributed by atoms with Crippen LogP contribution < -0.4 is 0 Å². The largest absolute Gasteiger partial charge is 0.452 e. The zero-order valence-electron chi connectivity index (χ0n) is 29.1. The minimum atomic E-state index is -2.55. The van der Waals surface area contributed by atoms with Crippen molar-refractivity contribution >= 4 is 35.1 Å². The van der Waals surface area contributed by atoms with Crippen LogP contribution in [0.2, 0.25) is 0 Å². The third-order valence-electron chi connectivity index (χ3n) is 12.2. The molecular weight excluding hydrogens is 739 g/mol. The number of carbonyl (C=O) groups excluding carboxylic acids is 2. The van der Waals surface area contributed by atoms with E-state index in [-0.39, 0.29) is 26.8 Å². The third kappa shape index (κ3) is 4.44. The van der Waals surface area contributed by atoms with Gasteiger partial charge in [-0.2, -0.15) is 0 Å². The molecule has 4 aliphatic heterocycles. The average Bonchev–Trinajstić information content (AvgIpc) is 3.85. The van der Waals surface area contributed by atoms with Crippen LogP contribution in [0.25, 0.3) is 0 Å². The first-order valence-corrected chi connectivity index (χ1v) is 18.4. The third-order valence-corrected chi connectivity index (χ3v) is 12.7. The summed E-state index contributed by atoms with van der Waals surface area (Å²) < 4.78 is 39.8. The molecule has 4 saturated heterocycles. The van der Waals surface area contributed by atoms with Gasteiger partial charge in [0, 0.05) is 22.6 Å². The van der Waals surface area contributed by atoms with E-state index in [1.165, 1.54) is 18.2 Å². The van der Waals surface area contributed by atoms with E-state index in [1.807, 2.05) is 6.07 Å². The maximum absolute atomic E-state index is 14.1. The summed E-state index contributed by atoms with van der Waals surface area (Å²) >= 11 is 12.8. The normalized spacial score (nSPS) is 40.8. The monoisotopic (exact) mass is 774 g/mol. The minimum Gasteiger partial charge on any atom is -0.452 e. The van der Waals surface area contributed by atoms with Gasteiger partial charge in [0.25, 0.3) is 0 Å². The van der Waals surface area contributed by atoms with Gasteiger partial charge in [-0.15, -0.1) is 0 Å². The number of hydrogen-bond acceptors (Lipinski definition) is 11. The zero-order valence-corrected chi connectivity index (χ0v) is 30.6. The highest BCUT2D eigenvalue weighted by Crippen LogP contribution is 2.74. The summed E-state index contributed by atoms with van der Waals surface area (Å²) in [6.07, 6.45) is -5.51. The van der Waals surface area contributed by atoms with Gasteiger partial charge in [0.15, 0.2) is 22.9 Å². The quantitative estimate of drug-likeness (QED) is 0.171. The van der Waals surface area contributed by atoms with Crippen LogP contribution in [-0.4, -0.2) is 86.8 Å². The molecule has 3 aromatic carbocycles. The van der Waals surface area contributed by atoms with Crippen LogP contribution in [0.5, 0.6) is 0 Å². The topological polar surface area (TPSA) is 154 Å². The molecule has 12 atom stereocenters. The lowest BCUT2D eigenvalue weighted by Crippen LogP contribution is -2.85. The number of aliphatic hydroxyl groups is 3. The molecule has 11 nitrogen and oxygen atoms in total. The summed E-state index contributed by atoms with van der Waals surface area (Å²) in [4.78, 5) is 28.0. The first-order valence-electron chi connectivity index (χ1n) is 17.6. The summed E-state index contributed by atoms with van der Waals surface area (Å²) in [6, 6.07) is 25.4. The number of halogens is 2. The molecule has 54 heavy (non-hydrogen) atoms. The molecule has 2 saturated carbocycles. The van der Waals surface area contributed by atoms with Crippen LogP contribution in [0, 0.1) is 11.8 Å². The minimum absolute atomic E-state index is 0.0508. The number of epoxide rings is 1. The van der Waals surface area contributed by atoms with E-state index in [9.17, 15) is 24.9 Å². The van der Waals surface area contributed by atoms with Crippen LogP contribution in [0.1, 0.15) is 40.1 Å². The fourth-order valence-corrected chi connectivity index (χ4v) is 10.1. The van der Waals surface area contributed by atoms with Crippen molar-refractivity contribution in [2.45, 2.75) is 72.7 Å². The molecule has 0 amide bonds. The van der Waals surface area contributed by atoms with Crippen LogP contribution >= 0.6 is 23.2 Å². The van der Waals surface area contributed by atoms with Crippen molar-refractivity contribution in [3.63, 3.8) is 0 Å². The molecule has 3 N–H and O–H groups in total. The number of fused-ring (bicyclic) bond motifs is 2. The average molecular weight is 776 g/mol. The number of esters is 2. The maximum atomic E-state index is 14.1. The molecule has 7 aliphatic rings. The van der Waals surface area contributed by atoms with Crippen LogP contribution in [0.4, 0.5) is 0 Å². The smallest absolute Gasteiger partial charge is 0.339 e. The Labute approximate surface area is 320 Å². The molecule has 10 rings (SSSR count). The van der Waals surface area contributed by atoms with E-state index in [0.29, 0.717) is 11.1 Å². The second-order valence-electron chi connectivity index (χ2n) is 14.8. The number of carbonyl (C=O) groups is 2. The second-order valence-corrected chi connectivity index (χ2v) is 15.8. The standard InChI is InChI=1S/C41H36Cl2O11/c1-21(2)39(53-35(47)24-15-9-5-10-16-24)30-22(3)40-27-19-26(33(42)43)29(45)38(27,48)36(49-34(46)23-13-7-4-8-14-23)37(20-44)31(50-37)28(40)32(39)52-41(51-30,54-40)25-17-11-6-12-18-25/h4-19,22,28-32,36,44-45,48H,1,20H2,2-3H3/t22-,28+,29+,30+,31+,32-,36-,37+,38-,39+,40+,41+/m1/s1. The van der Waals surface area contributed by atoms with Gasteiger partial charge in [0.1, 0.15) is 34.5 Å². The van der Waals surface area contributed by atoms with Gasteiger partial charge < -0.3 is 43.7 Å². The van der Waals surface area contributed by atoms with Crippen molar-refractivity contribution in [2.24, 2.45) is 11.8 Å². The van der Waals surface area contributed by atoms with Gasteiger partial charge in [0.2, 0.25) is 0 Å². The summed E-state index contributed by atoms with van der Waals surface area (Å²) in [5.41, 5.74) is -6.56. The molecule has 4 heterocycles. The number of benzene rings is 3. The van der Waals surface area contributed by atoms with Gasteiger partial charge in [-0.05, 0) is 42.8 Å². The molecule has 3 aliphatic carbocycles. The number of aliphatic hydroxyl groups excluding tert-OH is 2. The Balaban J connectivity index is 1.30. The zero-order chi connectivity index (χ0) is 38.0. The lowest BCUT2D eigenvalue weighted by molar-refractivity contribution is -0.570. The van der Waals surface area contributed by atoms with E-state index in [1.54, 1.807) is 86.6 Å². The molecule has 6 fully saturated rings. The Kier molecular flexibility index (Phi) is 7.99. The fraction of sp³-hybridized carbons (Fsp3) is 0.366. The molecule has 280 valence electrons. The van der Waals surface area contributed by atoms with E-state index in [4.69, 9.17) is 51.6 Å². The predicted octanol–water partition coefficient (Wildman–Crippen LogP) is 4.88. The molecule has 0 aromatic heterocycles. The molecular formula is C41H36Cl2O11. The predicted molar refractivity (Wildman–Crippen MR) is 192 cm³/mol. The first-order chi connectivity index (χ1) is 25.8. The van der Waals surface area contributed by atoms with Crippen LogP contribution in [-0.2, 0) is 34.4 Å². The molecule has 3 aromatic rings. The van der Waals surface area contributed by atoms with Crippen molar-refractivity contribution in [2.75, 3.05) is 6.61 Å².